The summed E-state index contributed by atoms with van der Waals surface area (Å²) in [6.07, 6.45) is 0. The van der Waals surface area contributed by atoms with Crippen LogP contribution >= 0.6 is 11.3 Å². The average molecular weight is 276 g/mol. The number of hydrogen-bond donors (Lipinski definition) is 2. The van der Waals surface area contributed by atoms with Crippen molar-refractivity contribution in [2.45, 2.75) is 25.7 Å². The SMILES string of the molecule is CCNc1sc(C(C)=O)c(N)c1S(=O)(=O)CC. The van der Waals surface area contributed by atoms with Gasteiger partial charge in [0.25, 0.3) is 0 Å². The van der Waals surface area contributed by atoms with E-state index in [0.29, 0.717) is 16.4 Å². The van der Waals surface area contributed by atoms with Crippen LogP contribution in [0, 0.1) is 0 Å². The molecule has 1 aromatic heterocycles. The summed E-state index contributed by atoms with van der Waals surface area (Å²) in [6, 6.07) is 0. The summed E-state index contributed by atoms with van der Waals surface area (Å²) in [5.41, 5.74) is 5.84. The van der Waals surface area contributed by atoms with Crippen LogP contribution in [0.25, 0.3) is 0 Å². The number of nitrogens with two attached hydrogens (primary N) is 1. The van der Waals surface area contributed by atoms with Crippen molar-refractivity contribution in [3.8, 4) is 0 Å². The highest BCUT2D eigenvalue weighted by atomic mass is 32.2. The molecule has 0 unspecified atom stereocenters. The minimum Gasteiger partial charge on any atom is -0.396 e. The van der Waals surface area contributed by atoms with E-state index < -0.39 is 9.84 Å². The first-order valence-corrected chi connectivity index (χ1v) is 7.71. The molecule has 0 aliphatic carbocycles. The van der Waals surface area contributed by atoms with Gasteiger partial charge >= 0.3 is 0 Å². The van der Waals surface area contributed by atoms with Crippen molar-refractivity contribution in [2.75, 3.05) is 23.3 Å². The molecule has 0 radical (unpaired) electrons. The van der Waals surface area contributed by atoms with Crippen LogP contribution in [0.1, 0.15) is 30.4 Å². The van der Waals surface area contributed by atoms with E-state index in [-0.39, 0.29) is 22.1 Å². The van der Waals surface area contributed by atoms with Gasteiger partial charge in [0.05, 0.1) is 16.3 Å². The van der Waals surface area contributed by atoms with E-state index in [1.165, 1.54) is 6.92 Å². The number of nitrogens with one attached hydrogen (secondary N) is 1. The molecule has 1 heterocycles. The molecule has 0 fully saturated rings. The zero-order valence-corrected chi connectivity index (χ0v) is 11.7. The van der Waals surface area contributed by atoms with Crippen LogP contribution in [0.4, 0.5) is 10.7 Å². The van der Waals surface area contributed by atoms with E-state index in [1.807, 2.05) is 6.92 Å². The van der Waals surface area contributed by atoms with Crippen LogP contribution in [-0.2, 0) is 9.84 Å². The smallest absolute Gasteiger partial charge is 0.183 e. The summed E-state index contributed by atoms with van der Waals surface area (Å²) < 4.78 is 23.9. The number of carbonyl (C=O) groups excluding carboxylic acids is 1. The molecule has 0 bridgehead atoms. The molecule has 3 N–H and O–H groups in total. The molecular formula is C10H16N2O3S2. The Morgan fingerprint density at radius 1 is 1.41 bits per heavy atom. The van der Waals surface area contributed by atoms with Gasteiger partial charge in [-0.15, -0.1) is 11.3 Å². The molecule has 0 saturated carbocycles. The van der Waals surface area contributed by atoms with E-state index in [2.05, 4.69) is 5.32 Å². The molecule has 0 aliphatic heterocycles. The van der Waals surface area contributed by atoms with Crippen molar-refractivity contribution in [1.82, 2.24) is 0 Å². The number of thiophene rings is 1. The lowest BCUT2D eigenvalue weighted by molar-refractivity contribution is 0.102. The van der Waals surface area contributed by atoms with Gasteiger partial charge in [0.15, 0.2) is 15.6 Å². The number of sulfone groups is 1. The molecule has 0 saturated heterocycles. The van der Waals surface area contributed by atoms with Gasteiger partial charge in [0.1, 0.15) is 9.90 Å². The Labute approximate surface area is 105 Å². The molecule has 0 atom stereocenters. The summed E-state index contributed by atoms with van der Waals surface area (Å²) >= 11 is 1.10. The van der Waals surface area contributed by atoms with Gasteiger partial charge in [0.2, 0.25) is 0 Å². The lowest BCUT2D eigenvalue weighted by Crippen LogP contribution is -2.09. The zero-order chi connectivity index (χ0) is 13.2. The van der Waals surface area contributed by atoms with Gasteiger partial charge < -0.3 is 11.1 Å². The fraction of sp³-hybridized carbons (Fsp3) is 0.500. The van der Waals surface area contributed by atoms with Crippen molar-refractivity contribution in [2.24, 2.45) is 0 Å². The molecule has 1 rings (SSSR count). The molecule has 0 aromatic carbocycles. The second-order valence-corrected chi connectivity index (χ2v) is 6.73. The fourth-order valence-electron chi connectivity index (χ4n) is 1.42. The van der Waals surface area contributed by atoms with Crippen LogP contribution in [0.5, 0.6) is 0 Å². The number of hydrogen-bond acceptors (Lipinski definition) is 6. The molecule has 1 aromatic rings. The summed E-state index contributed by atoms with van der Waals surface area (Å²) in [6.45, 7) is 5.35. The molecule has 5 nitrogen and oxygen atoms in total. The third-order valence-corrected chi connectivity index (χ3v) is 5.45. The number of nitrogen functional groups attached to an aromatic ring is 1. The maximum atomic E-state index is 11.9. The largest absolute Gasteiger partial charge is 0.396 e. The van der Waals surface area contributed by atoms with Crippen LogP contribution < -0.4 is 11.1 Å². The normalized spacial score (nSPS) is 11.5. The van der Waals surface area contributed by atoms with E-state index in [0.717, 1.165) is 11.3 Å². The standard InChI is InChI=1S/C10H16N2O3S2/c1-4-12-10-9(17(14,15)5-2)7(11)8(16-10)6(3)13/h12H,4-5,11H2,1-3H3. The minimum absolute atomic E-state index is 0.0380. The molecule has 96 valence electrons. The number of ketones is 1. The van der Waals surface area contributed by atoms with Crippen molar-refractivity contribution in [3.63, 3.8) is 0 Å². The first kappa shape index (κ1) is 14.0. The quantitative estimate of drug-likeness (QED) is 0.800. The second kappa shape index (κ2) is 5.05. The fourth-order valence-corrected chi connectivity index (χ4v) is 4.05. The average Bonchev–Trinajstić information content (AvgIpc) is 2.57. The van der Waals surface area contributed by atoms with Gasteiger partial charge in [-0.1, -0.05) is 6.92 Å². The number of rotatable bonds is 5. The summed E-state index contributed by atoms with van der Waals surface area (Å²) in [5, 5.41) is 3.40. The van der Waals surface area contributed by atoms with E-state index in [4.69, 9.17) is 5.73 Å². The van der Waals surface area contributed by atoms with E-state index >= 15 is 0 Å². The monoisotopic (exact) mass is 276 g/mol. The summed E-state index contributed by atoms with van der Waals surface area (Å²) in [4.78, 5) is 11.7. The predicted molar refractivity (Wildman–Crippen MR) is 70.6 cm³/mol. The number of Topliss-reactive ketones (excluding diaryl/α,β-unsaturated/α-hetero) is 1. The third kappa shape index (κ3) is 2.61. The maximum absolute atomic E-state index is 11.9. The van der Waals surface area contributed by atoms with Crippen molar-refractivity contribution in [1.29, 1.82) is 0 Å². The minimum atomic E-state index is -3.42. The molecular weight excluding hydrogens is 260 g/mol. The Kier molecular flexibility index (Phi) is 4.16. The van der Waals surface area contributed by atoms with Gasteiger partial charge in [-0.25, -0.2) is 8.42 Å². The van der Waals surface area contributed by atoms with Crippen LogP contribution in [0.2, 0.25) is 0 Å². The highest BCUT2D eigenvalue weighted by Crippen LogP contribution is 2.39. The third-order valence-electron chi connectivity index (χ3n) is 2.25. The Balaban J connectivity index is 3.51. The van der Waals surface area contributed by atoms with Crippen molar-refractivity contribution < 1.29 is 13.2 Å². The maximum Gasteiger partial charge on any atom is 0.183 e. The Bertz CT molecular complexity index is 532. The summed E-state index contributed by atoms with van der Waals surface area (Å²) in [7, 11) is -3.42. The van der Waals surface area contributed by atoms with Gasteiger partial charge in [0, 0.05) is 13.5 Å². The topological polar surface area (TPSA) is 89.3 Å². The molecule has 7 heteroatoms. The highest BCUT2D eigenvalue weighted by Gasteiger charge is 2.27. The molecule has 17 heavy (non-hydrogen) atoms. The lowest BCUT2D eigenvalue weighted by atomic mass is 10.3. The van der Waals surface area contributed by atoms with E-state index in [9.17, 15) is 13.2 Å². The van der Waals surface area contributed by atoms with Gasteiger partial charge in [-0.05, 0) is 6.92 Å². The Morgan fingerprint density at radius 3 is 2.41 bits per heavy atom. The number of carbonyl (C=O) groups is 1. The Morgan fingerprint density at radius 2 is 2.00 bits per heavy atom. The first-order valence-electron chi connectivity index (χ1n) is 5.24. The zero-order valence-electron chi connectivity index (χ0n) is 10.0. The molecule has 0 spiro atoms. The second-order valence-electron chi connectivity index (χ2n) is 3.49. The Hall–Kier alpha value is -1.08. The van der Waals surface area contributed by atoms with Crippen LogP contribution in [-0.4, -0.2) is 26.5 Å². The van der Waals surface area contributed by atoms with Crippen LogP contribution in [0.3, 0.4) is 0 Å². The first-order chi connectivity index (χ1) is 7.85. The molecule has 0 aliphatic rings. The van der Waals surface area contributed by atoms with Crippen molar-refractivity contribution >= 4 is 37.6 Å². The van der Waals surface area contributed by atoms with Gasteiger partial charge in [-0.2, -0.15) is 0 Å². The van der Waals surface area contributed by atoms with Crippen molar-refractivity contribution in [3.05, 3.63) is 4.88 Å². The van der Waals surface area contributed by atoms with Gasteiger partial charge in [-0.3, -0.25) is 4.79 Å². The van der Waals surface area contributed by atoms with E-state index in [1.54, 1.807) is 6.92 Å². The lowest BCUT2D eigenvalue weighted by Gasteiger charge is -2.05. The summed E-state index contributed by atoms with van der Waals surface area (Å²) in [5.74, 6) is -0.256. The highest BCUT2D eigenvalue weighted by molar-refractivity contribution is 7.91. The molecule has 0 amide bonds. The number of anilines is 2. The predicted octanol–water partition coefficient (Wildman–Crippen LogP) is 1.76. The van der Waals surface area contributed by atoms with Crippen LogP contribution in [0.15, 0.2) is 4.90 Å².